The standard InChI is InChI=1S/C32H44FN.H3N.H2O.H2/c1-21(2)15-16-26-18-24(6)30(29(33)19-26)31(34-20-32(8,9)10)25(7)28(17-22(3)4)27-14-12-11-13-23(27)5;;;/h11-16,18-19,22,31,34H,1,17,20H2,2-10H3;1H3;1H2;1H/b16-15+,28-25+;;;. The van der Waals surface area contributed by atoms with Gasteiger partial charge in [0, 0.05) is 13.5 Å². The third kappa shape index (κ3) is 9.50. The number of rotatable bonds is 9. The summed E-state index contributed by atoms with van der Waals surface area (Å²) in [5.74, 6) is 0.328. The van der Waals surface area contributed by atoms with Gasteiger partial charge in [-0.05, 0) is 84.9 Å². The Bertz CT molecular complexity index is 1060. The second-order valence-corrected chi connectivity index (χ2v) is 11.4. The quantitative estimate of drug-likeness (QED) is 0.339. The van der Waals surface area contributed by atoms with Gasteiger partial charge in [-0.15, -0.1) is 0 Å². The summed E-state index contributed by atoms with van der Waals surface area (Å²) in [6.07, 6.45) is 4.80. The molecule has 3 nitrogen and oxygen atoms in total. The minimum atomic E-state index is -0.202. The molecule has 0 amide bonds. The summed E-state index contributed by atoms with van der Waals surface area (Å²) in [7, 11) is 0. The molecule has 0 radical (unpaired) electrons. The average molecular weight is 499 g/mol. The first-order valence-electron chi connectivity index (χ1n) is 12.4. The lowest BCUT2D eigenvalue weighted by Gasteiger charge is -2.30. The molecule has 36 heavy (non-hydrogen) atoms. The largest absolute Gasteiger partial charge is 0.412 e. The highest BCUT2D eigenvalue weighted by Crippen LogP contribution is 2.37. The van der Waals surface area contributed by atoms with E-state index in [0.29, 0.717) is 5.92 Å². The molecule has 2 rings (SSSR count). The smallest absolute Gasteiger partial charge is 0.129 e. The highest BCUT2D eigenvalue weighted by molar-refractivity contribution is 5.72. The summed E-state index contributed by atoms with van der Waals surface area (Å²) >= 11 is 0. The highest BCUT2D eigenvalue weighted by Gasteiger charge is 2.25. The SMILES string of the molecule is C=C(C)/C=C/c1cc(C)c(C(NCC(C)(C)C)/C(C)=C(\CC(C)C)c2ccccc2C)c(F)c1.N.O.[HH]. The fourth-order valence-corrected chi connectivity index (χ4v) is 4.34. The molecule has 6 N–H and O–H groups in total. The van der Waals surface area contributed by atoms with E-state index in [4.69, 9.17) is 0 Å². The van der Waals surface area contributed by atoms with Crippen LogP contribution in [0.3, 0.4) is 0 Å². The van der Waals surface area contributed by atoms with Crippen LogP contribution in [0.1, 0.15) is 90.2 Å². The molecule has 2 aromatic rings. The highest BCUT2D eigenvalue weighted by atomic mass is 19.1. The molecule has 4 heteroatoms. The summed E-state index contributed by atoms with van der Waals surface area (Å²) in [6, 6.07) is 12.1. The van der Waals surface area contributed by atoms with Crippen LogP contribution in [0.4, 0.5) is 4.39 Å². The van der Waals surface area contributed by atoms with E-state index in [9.17, 15) is 0 Å². The fourth-order valence-electron chi connectivity index (χ4n) is 4.34. The van der Waals surface area contributed by atoms with Crippen molar-refractivity contribution < 1.29 is 11.3 Å². The lowest BCUT2D eigenvalue weighted by atomic mass is 9.84. The number of benzene rings is 2. The van der Waals surface area contributed by atoms with Gasteiger partial charge in [0.2, 0.25) is 0 Å². The summed E-state index contributed by atoms with van der Waals surface area (Å²) in [5.41, 5.74) is 8.60. The van der Waals surface area contributed by atoms with Crippen LogP contribution in [0.15, 0.2) is 60.2 Å². The number of nitrogens with one attached hydrogen (secondary N) is 1. The zero-order valence-electron chi connectivity index (χ0n) is 24.0. The van der Waals surface area contributed by atoms with Crippen molar-refractivity contribution in [2.75, 3.05) is 6.54 Å². The Balaban J connectivity index is 0. The minimum absolute atomic E-state index is 0. The summed E-state index contributed by atoms with van der Waals surface area (Å²) < 4.78 is 15.8. The summed E-state index contributed by atoms with van der Waals surface area (Å²) in [6.45, 7) is 24.1. The number of allylic oxidation sites excluding steroid dienone is 3. The second kappa shape index (κ2) is 14.3. The molecule has 2 aromatic carbocycles. The number of hydrogen-bond acceptors (Lipinski definition) is 2. The lowest BCUT2D eigenvalue weighted by Crippen LogP contribution is -2.32. The molecule has 202 valence electrons. The van der Waals surface area contributed by atoms with Crippen molar-refractivity contribution in [2.45, 2.75) is 74.8 Å². The topological polar surface area (TPSA) is 78.5 Å². The van der Waals surface area contributed by atoms with Gasteiger partial charge in [0.15, 0.2) is 0 Å². The molecule has 0 saturated carbocycles. The van der Waals surface area contributed by atoms with E-state index in [-0.39, 0.29) is 30.3 Å². The molecular weight excluding hydrogens is 447 g/mol. The van der Waals surface area contributed by atoms with Crippen LogP contribution < -0.4 is 11.5 Å². The molecule has 0 aliphatic heterocycles. The van der Waals surface area contributed by atoms with Crippen LogP contribution >= 0.6 is 0 Å². The Labute approximate surface area is 221 Å². The van der Waals surface area contributed by atoms with Gasteiger partial charge in [0.1, 0.15) is 5.82 Å². The third-order valence-electron chi connectivity index (χ3n) is 6.04. The molecular formula is C32H51FN2O. The van der Waals surface area contributed by atoms with E-state index >= 15 is 4.39 Å². The van der Waals surface area contributed by atoms with E-state index in [1.807, 2.05) is 26.0 Å². The van der Waals surface area contributed by atoms with Gasteiger partial charge >= 0.3 is 0 Å². The van der Waals surface area contributed by atoms with E-state index in [1.165, 1.54) is 22.3 Å². The van der Waals surface area contributed by atoms with Gasteiger partial charge in [-0.1, -0.05) is 89.3 Å². The van der Waals surface area contributed by atoms with Gasteiger partial charge in [-0.2, -0.15) is 0 Å². The zero-order chi connectivity index (χ0) is 25.6. The molecule has 0 saturated heterocycles. The first-order chi connectivity index (χ1) is 15.8. The van der Waals surface area contributed by atoms with Crippen LogP contribution in [0.2, 0.25) is 0 Å². The Hall–Kier alpha value is -2.53. The Morgan fingerprint density at radius 3 is 2.19 bits per heavy atom. The average Bonchev–Trinajstić information content (AvgIpc) is 2.71. The molecule has 1 atom stereocenters. The van der Waals surface area contributed by atoms with Crippen molar-refractivity contribution >= 4 is 11.6 Å². The Morgan fingerprint density at radius 2 is 1.69 bits per heavy atom. The molecule has 0 fully saturated rings. The first-order valence-corrected chi connectivity index (χ1v) is 12.4. The lowest BCUT2D eigenvalue weighted by molar-refractivity contribution is 0.361. The molecule has 0 aliphatic rings. The number of aryl methyl sites for hydroxylation is 2. The maximum Gasteiger partial charge on any atom is 0.129 e. The first kappa shape index (κ1) is 33.5. The molecule has 0 aliphatic carbocycles. The molecule has 0 aromatic heterocycles. The predicted octanol–water partition coefficient (Wildman–Crippen LogP) is 8.81. The third-order valence-corrected chi connectivity index (χ3v) is 6.04. The second-order valence-electron chi connectivity index (χ2n) is 11.4. The van der Waals surface area contributed by atoms with E-state index in [1.54, 1.807) is 6.07 Å². The maximum atomic E-state index is 15.8. The van der Waals surface area contributed by atoms with E-state index in [0.717, 1.165) is 35.2 Å². The van der Waals surface area contributed by atoms with Crippen molar-refractivity contribution in [3.8, 4) is 0 Å². The van der Waals surface area contributed by atoms with Crippen LogP contribution in [0.25, 0.3) is 11.6 Å². The van der Waals surface area contributed by atoms with Crippen molar-refractivity contribution in [1.29, 1.82) is 0 Å². The molecule has 1 unspecified atom stereocenters. The summed E-state index contributed by atoms with van der Waals surface area (Å²) in [5, 5.41) is 3.74. The van der Waals surface area contributed by atoms with Crippen LogP contribution in [-0.4, -0.2) is 12.0 Å². The Kier molecular flexibility index (Phi) is 13.3. The van der Waals surface area contributed by atoms with Crippen molar-refractivity contribution in [2.24, 2.45) is 11.3 Å². The van der Waals surface area contributed by atoms with Crippen LogP contribution in [-0.2, 0) is 0 Å². The molecule has 0 spiro atoms. The van der Waals surface area contributed by atoms with Crippen LogP contribution in [0, 0.1) is 31.0 Å². The number of halogens is 1. The number of hydrogen-bond donors (Lipinski definition) is 2. The summed E-state index contributed by atoms with van der Waals surface area (Å²) in [4.78, 5) is 0. The van der Waals surface area contributed by atoms with Crippen molar-refractivity contribution in [3.63, 3.8) is 0 Å². The fraction of sp³-hybridized carbons (Fsp3) is 0.438. The van der Waals surface area contributed by atoms with Gasteiger partial charge in [-0.25, -0.2) is 4.39 Å². The zero-order valence-corrected chi connectivity index (χ0v) is 24.0. The van der Waals surface area contributed by atoms with Crippen molar-refractivity contribution in [3.05, 3.63) is 93.8 Å². The monoisotopic (exact) mass is 498 g/mol. The van der Waals surface area contributed by atoms with E-state index < -0.39 is 0 Å². The van der Waals surface area contributed by atoms with Gasteiger partial charge in [0.05, 0.1) is 6.04 Å². The predicted molar refractivity (Wildman–Crippen MR) is 159 cm³/mol. The Morgan fingerprint density at radius 1 is 1.08 bits per heavy atom. The minimum Gasteiger partial charge on any atom is -0.412 e. The molecule has 0 bridgehead atoms. The van der Waals surface area contributed by atoms with Gasteiger partial charge < -0.3 is 16.9 Å². The molecule has 0 heterocycles. The van der Waals surface area contributed by atoms with Gasteiger partial charge in [-0.3, -0.25) is 0 Å². The van der Waals surface area contributed by atoms with Crippen molar-refractivity contribution in [1.82, 2.24) is 11.5 Å². The maximum absolute atomic E-state index is 15.8. The van der Waals surface area contributed by atoms with Gasteiger partial charge in [0.25, 0.3) is 0 Å². The van der Waals surface area contributed by atoms with Crippen LogP contribution in [0.5, 0.6) is 0 Å². The van der Waals surface area contributed by atoms with E-state index in [2.05, 4.69) is 90.7 Å². The normalized spacial score (nSPS) is 13.2.